The van der Waals surface area contributed by atoms with Gasteiger partial charge in [-0.2, -0.15) is 0 Å². The first kappa shape index (κ1) is 13.9. The molecule has 1 aromatic rings. The fourth-order valence-corrected chi connectivity index (χ4v) is 3.51. The van der Waals surface area contributed by atoms with Gasteiger partial charge in [-0.05, 0) is 43.2 Å². The van der Waals surface area contributed by atoms with E-state index in [1.165, 1.54) is 6.42 Å². The molecule has 0 aliphatic heterocycles. The third kappa shape index (κ3) is 3.27. The van der Waals surface area contributed by atoms with Crippen LogP contribution >= 0.6 is 15.9 Å². The number of nitrogens with two attached hydrogens (primary N) is 1. The van der Waals surface area contributed by atoms with Crippen molar-refractivity contribution < 1.29 is 4.74 Å². The Morgan fingerprint density at radius 3 is 2.50 bits per heavy atom. The monoisotopic (exact) mass is 311 g/mol. The zero-order valence-corrected chi connectivity index (χ0v) is 12.7. The van der Waals surface area contributed by atoms with Gasteiger partial charge in [-0.25, -0.2) is 0 Å². The van der Waals surface area contributed by atoms with Gasteiger partial charge in [0.25, 0.3) is 0 Å². The van der Waals surface area contributed by atoms with Crippen LogP contribution in [0.4, 0.5) is 0 Å². The Balaban J connectivity index is 2.11. The predicted molar refractivity (Wildman–Crippen MR) is 78.6 cm³/mol. The molecular weight excluding hydrogens is 290 g/mol. The van der Waals surface area contributed by atoms with Crippen LogP contribution in [0.15, 0.2) is 22.7 Å². The fourth-order valence-electron chi connectivity index (χ4n) is 3.00. The first-order chi connectivity index (χ1) is 8.60. The van der Waals surface area contributed by atoms with E-state index in [4.69, 9.17) is 10.5 Å². The van der Waals surface area contributed by atoms with Crippen molar-refractivity contribution >= 4 is 15.9 Å². The lowest BCUT2D eigenvalue weighted by Gasteiger charge is -2.32. The number of hydrogen-bond donors (Lipinski definition) is 1. The van der Waals surface area contributed by atoms with Crippen LogP contribution in [0.5, 0.6) is 5.75 Å². The standard InChI is InChI=1S/C15H22BrNO/c1-10-6-11(2)8-12(7-10)18-15-5-3-4-14(16)13(15)9-17/h3-5,10-12H,6-9,17H2,1-2H3. The summed E-state index contributed by atoms with van der Waals surface area (Å²) >= 11 is 3.54. The van der Waals surface area contributed by atoms with E-state index in [0.29, 0.717) is 12.6 Å². The summed E-state index contributed by atoms with van der Waals surface area (Å²) in [6.07, 6.45) is 3.97. The maximum Gasteiger partial charge on any atom is 0.125 e. The van der Waals surface area contributed by atoms with Crippen molar-refractivity contribution in [3.05, 3.63) is 28.2 Å². The third-order valence-corrected chi connectivity index (χ3v) is 4.45. The van der Waals surface area contributed by atoms with E-state index in [1.54, 1.807) is 0 Å². The summed E-state index contributed by atoms with van der Waals surface area (Å²) in [5.41, 5.74) is 6.87. The fraction of sp³-hybridized carbons (Fsp3) is 0.600. The molecule has 2 rings (SSSR count). The van der Waals surface area contributed by atoms with Gasteiger partial charge in [0, 0.05) is 16.6 Å². The van der Waals surface area contributed by atoms with E-state index < -0.39 is 0 Å². The topological polar surface area (TPSA) is 35.2 Å². The summed E-state index contributed by atoms with van der Waals surface area (Å²) in [6.45, 7) is 5.14. The number of rotatable bonds is 3. The minimum Gasteiger partial charge on any atom is -0.490 e. The Morgan fingerprint density at radius 1 is 1.22 bits per heavy atom. The summed E-state index contributed by atoms with van der Waals surface area (Å²) < 4.78 is 7.23. The largest absolute Gasteiger partial charge is 0.490 e. The molecule has 0 aromatic heterocycles. The Bertz CT molecular complexity index is 397. The van der Waals surface area contributed by atoms with E-state index in [1.807, 2.05) is 18.2 Å². The van der Waals surface area contributed by atoms with Gasteiger partial charge < -0.3 is 10.5 Å². The van der Waals surface area contributed by atoms with Crippen molar-refractivity contribution in [1.82, 2.24) is 0 Å². The summed E-state index contributed by atoms with van der Waals surface area (Å²) in [6, 6.07) is 6.05. The molecule has 3 heteroatoms. The first-order valence-electron chi connectivity index (χ1n) is 6.74. The first-order valence-corrected chi connectivity index (χ1v) is 7.53. The van der Waals surface area contributed by atoms with Gasteiger partial charge >= 0.3 is 0 Å². The lowest BCUT2D eigenvalue weighted by Crippen LogP contribution is -2.29. The molecule has 0 amide bonds. The summed E-state index contributed by atoms with van der Waals surface area (Å²) in [5, 5.41) is 0. The zero-order valence-electron chi connectivity index (χ0n) is 11.2. The minimum atomic E-state index is 0.336. The Labute approximate surface area is 118 Å². The van der Waals surface area contributed by atoms with E-state index in [2.05, 4.69) is 29.8 Å². The van der Waals surface area contributed by atoms with Crippen LogP contribution < -0.4 is 10.5 Å². The molecule has 0 saturated heterocycles. The van der Waals surface area contributed by atoms with Gasteiger partial charge in [-0.3, -0.25) is 0 Å². The normalized spacial score (nSPS) is 28.1. The number of hydrogen-bond acceptors (Lipinski definition) is 2. The molecule has 2 unspecified atom stereocenters. The lowest BCUT2D eigenvalue weighted by atomic mass is 9.82. The van der Waals surface area contributed by atoms with Gasteiger partial charge in [0.2, 0.25) is 0 Å². The van der Waals surface area contributed by atoms with Gasteiger partial charge in [0.05, 0.1) is 6.10 Å². The number of halogens is 1. The molecular formula is C15H22BrNO. The van der Waals surface area contributed by atoms with Crippen LogP contribution in [0.1, 0.15) is 38.7 Å². The lowest BCUT2D eigenvalue weighted by molar-refractivity contribution is 0.100. The van der Waals surface area contributed by atoms with Crippen molar-refractivity contribution in [3.8, 4) is 5.75 Å². The van der Waals surface area contributed by atoms with Crippen LogP contribution in [-0.2, 0) is 6.54 Å². The second-order valence-electron chi connectivity index (χ2n) is 5.58. The van der Waals surface area contributed by atoms with Gasteiger partial charge in [-0.1, -0.05) is 35.8 Å². The Kier molecular flexibility index (Phi) is 4.68. The maximum atomic E-state index is 6.19. The molecule has 0 radical (unpaired) electrons. The average molecular weight is 312 g/mol. The van der Waals surface area contributed by atoms with Crippen LogP contribution in [0.3, 0.4) is 0 Å². The zero-order chi connectivity index (χ0) is 13.1. The molecule has 1 saturated carbocycles. The van der Waals surface area contributed by atoms with Crippen molar-refractivity contribution in [2.45, 2.75) is 45.8 Å². The second-order valence-corrected chi connectivity index (χ2v) is 6.43. The molecule has 2 atom stereocenters. The third-order valence-electron chi connectivity index (χ3n) is 3.71. The van der Waals surface area contributed by atoms with Gasteiger partial charge in [0.15, 0.2) is 0 Å². The van der Waals surface area contributed by atoms with Crippen molar-refractivity contribution in [2.24, 2.45) is 17.6 Å². The van der Waals surface area contributed by atoms with Gasteiger partial charge in [-0.15, -0.1) is 0 Å². The predicted octanol–water partition coefficient (Wildman–Crippen LogP) is 4.11. The molecule has 1 aromatic carbocycles. The van der Waals surface area contributed by atoms with E-state index >= 15 is 0 Å². The second kappa shape index (κ2) is 6.07. The molecule has 18 heavy (non-hydrogen) atoms. The molecule has 2 nitrogen and oxygen atoms in total. The molecule has 2 N–H and O–H groups in total. The average Bonchev–Trinajstić information content (AvgIpc) is 2.27. The highest BCUT2D eigenvalue weighted by atomic mass is 79.9. The van der Waals surface area contributed by atoms with Crippen molar-refractivity contribution in [2.75, 3.05) is 0 Å². The quantitative estimate of drug-likeness (QED) is 0.911. The molecule has 100 valence electrons. The summed E-state index contributed by atoms with van der Waals surface area (Å²) in [5.74, 6) is 2.46. The van der Waals surface area contributed by atoms with Crippen LogP contribution in [0.2, 0.25) is 0 Å². The molecule has 1 aliphatic rings. The van der Waals surface area contributed by atoms with E-state index in [0.717, 1.165) is 40.5 Å². The number of ether oxygens (including phenoxy) is 1. The molecule has 0 bridgehead atoms. The SMILES string of the molecule is CC1CC(C)CC(Oc2cccc(Br)c2CN)C1. The van der Waals surface area contributed by atoms with E-state index in [9.17, 15) is 0 Å². The molecule has 1 aliphatic carbocycles. The highest BCUT2D eigenvalue weighted by Gasteiger charge is 2.25. The van der Waals surface area contributed by atoms with E-state index in [-0.39, 0.29) is 0 Å². The highest BCUT2D eigenvalue weighted by Crippen LogP contribution is 2.33. The highest BCUT2D eigenvalue weighted by molar-refractivity contribution is 9.10. The molecule has 1 fully saturated rings. The van der Waals surface area contributed by atoms with Crippen LogP contribution in [0, 0.1) is 11.8 Å². The van der Waals surface area contributed by atoms with Crippen LogP contribution in [0.25, 0.3) is 0 Å². The maximum absolute atomic E-state index is 6.19. The number of benzene rings is 1. The molecule has 0 spiro atoms. The van der Waals surface area contributed by atoms with Crippen molar-refractivity contribution in [3.63, 3.8) is 0 Å². The van der Waals surface area contributed by atoms with Gasteiger partial charge in [0.1, 0.15) is 5.75 Å². The molecule has 0 heterocycles. The van der Waals surface area contributed by atoms with Crippen molar-refractivity contribution in [1.29, 1.82) is 0 Å². The summed E-state index contributed by atoms with van der Waals surface area (Å²) in [4.78, 5) is 0. The smallest absolute Gasteiger partial charge is 0.125 e. The Morgan fingerprint density at radius 2 is 1.89 bits per heavy atom. The van der Waals surface area contributed by atoms with Crippen LogP contribution in [-0.4, -0.2) is 6.10 Å². The minimum absolute atomic E-state index is 0.336. The Hall–Kier alpha value is -0.540. The summed E-state index contributed by atoms with van der Waals surface area (Å²) in [7, 11) is 0.